The molecule has 4 aromatic rings. The van der Waals surface area contributed by atoms with Crippen LogP contribution in [0.25, 0.3) is 15.9 Å². The summed E-state index contributed by atoms with van der Waals surface area (Å²) in [6.45, 7) is -0.180. The van der Waals surface area contributed by atoms with Crippen LogP contribution in [0.4, 0.5) is 5.69 Å². The van der Waals surface area contributed by atoms with E-state index in [1.807, 2.05) is 0 Å². The maximum absolute atomic E-state index is 12.8. The van der Waals surface area contributed by atoms with Gasteiger partial charge in [-0.3, -0.25) is 4.79 Å². The van der Waals surface area contributed by atoms with Gasteiger partial charge in [-0.1, -0.05) is 24.1 Å². The predicted molar refractivity (Wildman–Crippen MR) is 114 cm³/mol. The Hall–Kier alpha value is -2.71. The average Bonchev–Trinajstić information content (AvgIpc) is 3.09. The van der Waals surface area contributed by atoms with Crippen LogP contribution >= 0.6 is 22.9 Å². The molecule has 0 radical (unpaired) electrons. The van der Waals surface area contributed by atoms with E-state index in [1.54, 1.807) is 35.6 Å². The molecule has 29 heavy (non-hydrogen) atoms. The third-order valence-corrected chi connectivity index (χ3v) is 6.62. The van der Waals surface area contributed by atoms with Crippen LogP contribution in [0.1, 0.15) is 29.7 Å². The van der Waals surface area contributed by atoms with Crippen molar-refractivity contribution >= 4 is 50.4 Å². The first-order valence-electron chi connectivity index (χ1n) is 9.54. The van der Waals surface area contributed by atoms with Crippen LogP contribution in [0.2, 0.25) is 5.02 Å². The smallest absolute Gasteiger partial charge is 0.324 e. The van der Waals surface area contributed by atoms with Gasteiger partial charge in [0.05, 0.1) is 5.39 Å². The van der Waals surface area contributed by atoms with Gasteiger partial charge in [0.25, 0.3) is 0 Å². The molecule has 5 rings (SSSR count). The number of halogens is 1. The van der Waals surface area contributed by atoms with Gasteiger partial charge in [0.2, 0.25) is 5.91 Å². The van der Waals surface area contributed by atoms with Gasteiger partial charge in [-0.25, -0.2) is 18.9 Å². The average molecular weight is 428 g/mol. The first-order valence-corrected chi connectivity index (χ1v) is 10.7. The van der Waals surface area contributed by atoms with Crippen LogP contribution in [0.5, 0.6) is 0 Å². The third-order valence-electron chi connectivity index (χ3n) is 5.19. The Kier molecular flexibility index (Phi) is 4.60. The molecule has 0 spiro atoms. The van der Waals surface area contributed by atoms with Crippen molar-refractivity contribution < 1.29 is 4.79 Å². The molecule has 1 aromatic carbocycles. The summed E-state index contributed by atoms with van der Waals surface area (Å²) in [5.74, 6) is -0.342. The minimum Gasteiger partial charge on any atom is -0.324 e. The van der Waals surface area contributed by atoms with Gasteiger partial charge in [0, 0.05) is 15.6 Å². The number of hydrogen-bond acceptors (Lipinski definition) is 5. The highest BCUT2D eigenvalue weighted by Crippen LogP contribution is 2.35. The van der Waals surface area contributed by atoms with Gasteiger partial charge in [0.15, 0.2) is 5.65 Å². The summed E-state index contributed by atoms with van der Waals surface area (Å²) in [5, 5.41) is 8.73. The van der Waals surface area contributed by atoms with E-state index < -0.39 is 0 Å². The lowest BCUT2D eigenvalue weighted by Crippen LogP contribution is -2.28. The number of benzene rings is 1. The Morgan fingerprint density at radius 1 is 1.24 bits per heavy atom. The lowest BCUT2D eigenvalue weighted by molar-refractivity contribution is -0.117. The fourth-order valence-corrected chi connectivity index (χ4v) is 5.27. The van der Waals surface area contributed by atoms with Crippen molar-refractivity contribution in [3.05, 3.63) is 56.5 Å². The Morgan fingerprint density at radius 3 is 2.97 bits per heavy atom. The highest BCUT2D eigenvalue weighted by Gasteiger charge is 2.21. The summed E-state index contributed by atoms with van der Waals surface area (Å²) in [7, 11) is 0. The number of hydrogen-bond donors (Lipinski definition) is 1. The minimum absolute atomic E-state index is 0.180. The van der Waals surface area contributed by atoms with Crippen LogP contribution < -0.4 is 11.0 Å². The van der Waals surface area contributed by atoms with Gasteiger partial charge in [-0.05, 0) is 49.4 Å². The van der Waals surface area contributed by atoms with Gasteiger partial charge in [0.1, 0.15) is 17.7 Å². The number of nitrogens with one attached hydrogen (secondary N) is 1. The minimum atomic E-state index is -0.371. The zero-order chi connectivity index (χ0) is 20.0. The molecular formula is C20H18ClN5O2S. The predicted octanol–water partition coefficient (Wildman–Crippen LogP) is 3.67. The van der Waals surface area contributed by atoms with Gasteiger partial charge in [-0.2, -0.15) is 0 Å². The van der Waals surface area contributed by atoms with Crippen molar-refractivity contribution in [3.63, 3.8) is 0 Å². The van der Waals surface area contributed by atoms with Crippen LogP contribution in [-0.2, 0) is 24.2 Å². The molecule has 3 heterocycles. The summed E-state index contributed by atoms with van der Waals surface area (Å²) in [5.41, 5.74) is 2.05. The number of thiophene rings is 1. The molecule has 0 bridgehead atoms. The topological polar surface area (TPSA) is 81.3 Å². The first kappa shape index (κ1) is 18.3. The molecule has 7 nitrogen and oxygen atoms in total. The van der Waals surface area contributed by atoms with Crippen LogP contribution in [0.15, 0.2) is 35.4 Å². The third kappa shape index (κ3) is 3.32. The molecule has 0 unspecified atom stereocenters. The zero-order valence-corrected chi connectivity index (χ0v) is 17.1. The van der Waals surface area contributed by atoms with Crippen molar-refractivity contribution in [1.29, 1.82) is 0 Å². The van der Waals surface area contributed by atoms with Crippen molar-refractivity contribution in [1.82, 2.24) is 19.2 Å². The van der Waals surface area contributed by atoms with E-state index in [0.29, 0.717) is 16.4 Å². The van der Waals surface area contributed by atoms with Gasteiger partial charge >= 0.3 is 5.69 Å². The number of nitrogens with zero attached hydrogens (tertiary/aromatic N) is 4. The van der Waals surface area contributed by atoms with E-state index in [0.717, 1.165) is 29.5 Å². The summed E-state index contributed by atoms with van der Waals surface area (Å²) in [6.07, 6.45) is 7.06. The first-order chi connectivity index (χ1) is 14.1. The Bertz CT molecular complexity index is 1310. The molecule has 0 atom stereocenters. The number of carbonyl (C=O) groups excluding carboxylic acids is 1. The van der Waals surface area contributed by atoms with Crippen molar-refractivity contribution in [2.75, 3.05) is 5.32 Å². The molecule has 0 saturated carbocycles. The van der Waals surface area contributed by atoms with E-state index in [2.05, 4.69) is 15.4 Å². The summed E-state index contributed by atoms with van der Waals surface area (Å²) < 4.78 is 2.63. The van der Waals surface area contributed by atoms with E-state index in [1.165, 1.54) is 38.7 Å². The molecule has 0 aliphatic heterocycles. The lowest BCUT2D eigenvalue weighted by atomic mass is 10.1. The number of amides is 1. The second-order valence-electron chi connectivity index (χ2n) is 7.18. The molecule has 0 saturated heterocycles. The molecule has 1 aliphatic carbocycles. The number of fused-ring (bicyclic) bond motifs is 5. The van der Waals surface area contributed by atoms with Crippen LogP contribution in [0.3, 0.4) is 0 Å². The highest BCUT2D eigenvalue weighted by molar-refractivity contribution is 7.19. The summed E-state index contributed by atoms with van der Waals surface area (Å²) >= 11 is 7.65. The second kappa shape index (κ2) is 7.27. The molecule has 1 N–H and O–H groups in total. The second-order valence-corrected chi connectivity index (χ2v) is 8.70. The fourth-order valence-electron chi connectivity index (χ4n) is 3.86. The monoisotopic (exact) mass is 427 g/mol. The molecule has 1 amide bonds. The Labute approximate surface area is 174 Å². The van der Waals surface area contributed by atoms with E-state index in [9.17, 15) is 9.59 Å². The summed E-state index contributed by atoms with van der Waals surface area (Å²) in [6, 6.07) is 6.87. The fraction of sp³-hybridized carbons (Fsp3) is 0.300. The van der Waals surface area contributed by atoms with Gasteiger partial charge in [-0.15, -0.1) is 16.4 Å². The number of anilines is 1. The SMILES string of the molecule is O=C(Cn1nc2c3c4c(sc3ncn2c1=O)CCCCC4)Nc1cccc(Cl)c1. The molecular weight excluding hydrogens is 410 g/mol. The molecule has 1 aliphatic rings. The van der Waals surface area contributed by atoms with Crippen LogP contribution in [0, 0.1) is 0 Å². The van der Waals surface area contributed by atoms with Gasteiger partial charge < -0.3 is 5.32 Å². The zero-order valence-electron chi connectivity index (χ0n) is 15.5. The highest BCUT2D eigenvalue weighted by atomic mass is 35.5. The Morgan fingerprint density at radius 2 is 2.10 bits per heavy atom. The largest absolute Gasteiger partial charge is 0.352 e. The van der Waals surface area contributed by atoms with Crippen molar-refractivity contribution in [2.45, 2.75) is 38.6 Å². The number of carbonyl (C=O) groups is 1. The quantitative estimate of drug-likeness (QED) is 0.506. The molecule has 148 valence electrons. The maximum Gasteiger partial charge on any atom is 0.352 e. The number of aromatic nitrogens is 4. The molecule has 9 heteroatoms. The normalized spacial score (nSPS) is 14.1. The Balaban J connectivity index is 1.52. The van der Waals surface area contributed by atoms with Crippen molar-refractivity contribution in [2.24, 2.45) is 0 Å². The number of aryl methyl sites for hydroxylation is 2. The standard InChI is InChI=1S/C20H18ClN5O2S/c21-12-5-4-6-13(9-12)23-16(27)10-26-20(28)25-11-22-19-17(18(25)24-26)14-7-2-1-3-8-15(14)29-19/h4-6,9,11H,1-3,7-8,10H2,(H,23,27). The molecule has 3 aromatic heterocycles. The van der Waals surface area contributed by atoms with Crippen LogP contribution in [-0.4, -0.2) is 25.1 Å². The van der Waals surface area contributed by atoms with E-state index in [-0.39, 0.29) is 18.1 Å². The van der Waals surface area contributed by atoms with E-state index >= 15 is 0 Å². The summed E-state index contributed by atoms with van der Waals surface area (Å²) in [4.78, 5) is 32.0. The lowest BCUT2D eigenvalue weighted by Gasteiger charge is -2.04. The van der Waals surface area contributed by atoms with E-state index in [4.69, 9.17) is 11.6 Å². The van der Waals surface area contributed by atoms with Crippen molar-refractivity contribution in [3.8, 4) is 0 Å². The number of rotatable bonds is 3. The molecule has 0 fully saturated rings. The maximum atomic E-state index is 12.8.